The SMILES string of the molecule is CCn1cc(-c2cc(CO)cc(CO)c2-c2ccccc2CC(F)(F)F)cn1. The number of hydrogen-bond acceptors (Lipinski definition) is 3. The molecule has 3 rings (SSSR count). The van der Waals surface area contributed by atoms with Gasteiger partial charge in [0, 0.05) is 18.3 Å². The fraction of sp³-hybridized carbons (Fsp3) is 0.286. The van der Waals surface area contributed by atoms with Gasteiger partial charge in [-0.2, -0.15) is 18.3 Å². The third-order valence-corrected chi connectivity index (χ3v) is 4.58. The standard InChI is InChI=1S/C21H21F3N2O2/c1-2-26-11-17(10-25-26)19-8-14(12-27)7-16(13-28)20(19)18-6-4-3-5-15(18)9-21(22,23)24/h3-8,10-11,27-28H,2,9,12-13H2,1H3. The molecule has 3 aromatic rings. The number of aliphatic hydroxyl groups excluding tert-OH is 2. The molecule has 4 nitrogen and oxygen atoms in total. The fourth-order valence-electron chi connectivity index (χ4n) is 3.34. The quantitative estimate of drug-likeness (QED) is 0.659. The van der Waals surface area contributed by atoms with Crippen LogP contribution in [0.15, 0.2) is 48.8 Å². The summed E-state index contributed by atoms with van der Waals surface area (Å²) in [5, 5.41) is 23.8. The number of aryl methyl sites for hydroxylation is 1. The van der Waals surface area contributed by atoms with Crippen LogP contribution in [-0.2, 0) is 26.2 Å². The molecule has 148 valence electrons. The molecule has 0 fully saturated rings. The molecule has 0 atom stereocenters. The van der Waals surface area contributed by atoms with E-state index in [1.165, 1.54) is 6.07 Å². The van der Waals surface area contributed by atoms with E-state index in [4.69, 9.17) is 0 Å². The van der Waals surface area contributed by atoms with Gasteiger partial charge in [0.05, 0.1) is 25.8 Å². The highest BCUT2D eigenvalue weighted by Gasteiger charge is 2.29. The van der Waals surface area contributed by atoms with Crippen LogP contribution in [0.2, 0.25) is 0 Å². The first-order valence-electron chi connectivity index (χ1n) is 8.91. The van der Waals surface area contributed by atoms with Crippen LogP contribution in [0.25, 0.3) is 22.3 Å². The summed E-state index contributed by atoms with van der Waals surface area (Å²) in [5.74, 6) is 0. The lowest BCUT2D eigenvalue weighted by atomic mass is 9.87. The van der Waals surface area contributed by atoms with Crippen LogP contribution in [0.5, 0.6) is 0 Å². The van der Waals surface area contributed by atoms with E-state index in [-0.39, 0.29) is 18.8 Å². The molecule has 2 aromatic carbocycles. The van der Waals surface area contributed by atoms with Crippen molar-refractivity contribution in [2.75, 3.05) is 0 Å². The maximum Gasteiger partial charge on any atom is 0.393 e. The minimum absolute atomic E-state index is 0.130. The lowest BCUT2D eigenvalue weighted by molar-refractivity contribution is -0.127. The molecular weight excluding hydrogens is 369 g/mol. The predicted octanol–water partition coefficient (Wildman–Crippen LogP) is 4.33. The maximum atomic E-state index is 13.1. The second-order valence-corrected chi connectivity index (χ2v) is 6.53. The number of rotatable bonds is 6. The molecule has 1 aromatic heterocycles. The molecule has 0 saturated heterocycles. The summed E-state index contributed by atoms with van der Waals surface area (Å²) >= 11 is 0. The van der Waals surface area contributed by atoms with Crippen molar-refractivity contribution in [2.24, 2.45) is 0 Å². The van der Waals surface area contributed by atoms with Gasteiger partial charge in [-0.3, -0.25) is 4.68 Å². The average molecular weight is 390 g/mol. The molecule has 0 bridgehead atoms. The summed E-state index contributed by atoms with van der Waals surface area (Å²) in [5.41, 5.74) is 3.43. The van der Waals surface area contributed by atoms with Crippen molar-refractivity contribution in [1.29, 1.82) is 0 Å². The predicted molar refractivity (Wildman–Crippen MR) is 100 cm³/mol. The third-order valence-electron chi connectivity index (χ3n) is 4.58. The molecular formula is C21H21F3N2O2. The van der Waals surface area contributed by atoms with Crippen LogP contribution in [-0.4, -0.2) is 26.2 Å². The van der Waals surface area contributed by atoms with Crippen LogP contribution in [0.4, 0.5) is 13.2 Å². The Morgan fingerprint density at radius 3 is 2.36 bits per heavy atom. The van der Waals surface area contributed by atoms with Crippen molar-refractivity contribution in [2.45, 2.75) is 39.3 Å². The molecule has 0 radical (unpaired) electrons. The first-order valence-corrected chi connectivity index (χ1v) is 8.91. The minimum Gasteiger partial charge on any atom is -0.392 e. The summed E-state index contributed by atoms with van der Waals surface area (Å²) in [4.78, 5) is 0. The Morgan fingerprint density at radius 1 is 1.00 bits per heavy atom. The van der Waals surface area contributed by atoms with Gasteiger partial charge in [0.25, 0.3) is 0 Å². The summed E-state index contributed by atoms with van der Waals surface area (Å²) in [6.07, 6.45) is -1.98. The second kappa shape index (κ2) is 8.16. The van der Waals surface area contributed by atoms with E-state index < -0.39 is 12.6 Å². The van der Waals surface area contributed by atoms with Gasteiger partial charge in [-0.1, -0.05) is 30.3 Å². The van der Waals surface area contributed by atoms with Gasteiger partial charge in [0.15, 0.2) is 0 Å². The largest absolute Gasteiger partial charge is 0.393 e. The van der Waals surface area contributed by atoms with Crippen LogP contribution in [0.3, 0.4) is 0 Å². The van der Waals surface area contributed by atoms with E-state index in [9.17, 15) is 23.4 Å². The Morgan fingerprint density at radius 2 is 1.75 bits per heavy atom. The molecule has 28 heavy (non-hydrogen) atoms. The molecule has 2 N–H and O–H groups in total. The molecule has 0 unspecified atom stereocenters. The van der Waals surface area contributed by atoms with Crippen LogP contribution >= 0.6 is 0 Å². The number of hydrogen-bond donors (Lipinski definition) is 2. The lowest BCUT2D eigenvalue weighted by Crippen LogP contribution is -2.12. The van der Waals surface area contributed by atoms with E-state index in [1.54, 1.807) is 47.4 Å². The monoisotopic (exact) mass is 390 g/mol. The van der Waals surface area contributed by atoms with Gasteiger partial charge in [0.2, 0.25) is 0 Å². The molecule has 0 amide bonds. The van der Waals surface area contributed by atoms with Crippen molar-refractivity contribution >= 4 is 0 Å². The van der Waals surface area contributed by atoms with Crippen molar-refractivity contribution < 1.29 is 23.4 Å². The van der Waals surface area contributed by atoms with E-state index >= 15 is 0 Å². The fourth-order valence-corrected chi connectivity index (χ4v) is 3.34. The first kappa shape index (κ1) is 20.1. The normalized spacial score (nSPS) is 11.8. The highest BCUT2D eigenvalue weighted by molar-refractivity contribution is 5.87. The summed E-state index contributed by atoms with van der Waals surface area (Å²) in [6, 6.07) is 9.67. The van der Waals surface area contributed by atoms with E-state index in [0.717, 1.165) is 0 Å². The average Bonchev–Trinajstić information content (AvgIpc) is 3.15. The Balaban J connectivity index is 2.28. The zero-order valence-corrected chi connectivity index (χ0v) is 15.4. The van der Waals surface area contributed by atoms with E-state index in [0.29, 0.717) is 39.9 Å². The van der Waals surface area contributed by atoms with Crippen molar-refractivity contribution in [1.82, 2.24) is 9.78 Å². The number of alkyl halides is 3. The molecule has 0 aliphatic carbocycles. The zero-order valence-electron chi connectivity index (χ0n) is 15.4. The number of aromatic nitrogens is 2. The Bertz CT molecular complexity index is 965. The second-order valence-electron chi connectivity index (χ2n) is 6.53. The van der Waals surface area contributed by atoms with Crippen LogP contribution in [0, 0.1) is 0 Å². The zero-order chi connectivity index (χ0) is 20.3. The van der Waals surface area contributed by atoms with Crippen LogP contribution in [0.1, 0.15) is 23.6 Å². The van der Waals surface area contributed by atoms with Gasteiger partial charge < -0.3 is 10.2 Å². The Kier molecular flexibility index (Phi) is 5.86. The van der Waals surface area contributed by atoms with Crippen molar-refractivity contribution in [3.05, 3.63) is 65.5 Å². The first-order chi connectivity index (χ1) is 13.4. The number of nitrogens with zero attached hydrogens (tertiary/aromatic N) is 2. The third kappa shape index (κ3) is 4.26. The molecule has 0 aliphatic rings. The highest BCUT2D eigenvalue weighted by Crippen LogP contribution is 2.39. The van der Waals surface area contributed by atoms with E-state index in [1.807, 2.05) is 6.92 Å². The number of aliphatic hydroxyl groups is 2. The summed E-state index contributed by atoms with van der Waals surface area (Å²) in [7, 11) is 0. The Labute approximate surface area is 160 Å². The smallest absolute Gasteiger partial charge is 0.392 e. The topological polar surface area (TPSA) is 58.3 Å². The number of benzene rings is 2. The molecule has 0 saturated carbocycles. The van der Waals surface area contributed by atoms with Crippen molar-refractivity contribution in [3.8, 4) is 22.3 Å². The highest BCUT2D eigenvalue weighted by atomic mass is 19.4. The molecule has 1 heterocycles. The van der Waals surface area contributed by atoms with Gasteiger partial charge >= 0.3 is 6.18 Å². The van der Waals surface area contributed by atoms with Crippen molar-refractivity contribution in [3.63, 3.8) is 0 Å². The maximum absolute atomic E-state index is 13.1. The van der Waals surface area contributed by atoms with Crippen LogP contribution < -0.4 is 0 Å². The minimum atomic E-state index is -4.35. The molecule has 0 aliphatic heterocycles. The van der Waals surface area contributed by atoms with E-state index in [2.05, 4.69) is 5.10 Å². The number of halogens is 3. The molecule has 7 heteroatoms. The van der Waals surface area contributed by atoms with Gasteiger partial charge in [0.1, 0.15) is 0 Å². The lowest BCUT2D eigenvalue weighted by Gasteiger charge is -2.19. The summed E-state index contributed by atoms with van der Waals surface area (Å²) in [6.45, 7) is 1.97. The molecule has 0 spiro atoms. The van der Waals surface area contributed by atoms with Gasteiger partial charge in [-0.05, 0) is 46.4 Å². The van der Waals surface area contributed by atoms with Gasteiger partial charge in [-0.15, -0.1) is 0 Å². The summed E-state index contributed by atoms with van der Waals surface area (Å²) < 4.78 is 41.1. The van der Waals surface area contributed by atoms with Gasteiger partial charge in [-0.25, -0.2) is 0 Å². The Hall–Kier alpha value is -2.64.